The fourth-order valence-corrected chi connectivity index (χ4v) is 5.56. The first-order valence-electron chi connectivity index (χ1n) is 8.79. The molecule has 3 fully saturated rings. The van der Waals surface area contributed by atoms with Gasteiger partial charge in [0.2, 0.25) is 0 Å². The summed E-state index contributed by atoms with van der Waals surface area (Å²) in [6.45, 7) is 1.03. The Morgan fingerprint density at radius 2 is 1.93 bits per heavy atom. The van der Waals surface area contributed by atoms with E-state index in [0.717, 1.165) is 6.42 Å². The number of alkyl halides is 1. The van der Waals surface area contributed by atoms with Crippen LogP contribution in [0.3, 0.4) is 0 Å². The number of ether oxygens (including phenoxy) is 2. The van der Waals surface area contributed by atoms with Gasteiger partial charge in [0, 0.05) is 17.2 Å². The van der Waals surface area contributed by atoms with E-state index in [9.17, 15) is 19.2 Å². The van der Waals surface area contributed by atoms with Gasteiger partial charge in [-0.15, -0.1) is 0 Å². The van der Waals surface area contributed by atoms with Gasteiger partial charge < -0.3 is 14.8 Å². The standard InChI is InChI=1S/C19H18BrNO6/c1-8(22)9-2-4-10(5-3-9)21-13(23)7-26-18(24)14-11-6-12-15(14)19(25)27-17(12)16(11)20/h2-5,11-12,14-17H,6-7H2,1H3,(H,21,23)/t11-,12-,14-,15+,16+,17+/m1/s1. The lowest BCUT2D eigenvalue weighted by atomic mass is 9.80. The minimum absolute atomic E-state index is 0.00821. The van der Waals surface area contributed by atoms with Crippen LogP contribution < -0.4 is 5.32 Å². The van der Waals surface area contributed by atoms with Gasteiger partial charge in [-0.2, -0.15) is 0 Å². The highest BCUT2D eigenvalue weighted by atomic mass is 79.9. The van der Waals surface area contributed by atoms with E-state index in [2.05, 4.69) is 21.2 Å². The van der Waals surface area contributed by atoms with Crippen molar-refractivity contribution in [3.05, 3.63) is 29.8 Å². The van der Waals surface area contributed by atoms with Gasteiger partial charge in [-0.1, -0.05) is 15.9 Å². The van der Waals surface area contributed by atoms with Crippen LogP contribution in [0.25, 0.3) is 0 Å². The van der Waals surface area contributed by atoms with Crippen LogP contribution in [0.5, 0.6) is 0 Å². The van der Waals surface area contributed by atoms with E-state index in [0.29, 0.717) is 11.3 Å². The molecule has 7 nitrogen and oxygen atoms in total. The Kier molecular flexibility index (Phi) is 4.53. The van der Waals surface area contributed by atoms with Crippen LogP contribution in [-0.2, 0) is 23.9 Å². The van der Waals surface area contributed by atoms with Gasteiger partial charge in [0.1, 0.15) is 6.10 Å². The summed E-state index contributed by atoms with van der Waals surface area (Å²) in [7, 11) is 0. The third kappa shape index (κ3) is 3.05. The summed E-state index contributed by atoms with van der Waals surface area (Å²) in [6, 6.07) is 6.43. The second-order valence-electron chi connectivity index (χ2n) is 7.25. The van der Waals surface area contributed by atoms with Crippen molar-refractivity contribution in [3.8, 4) is 0 Å². The second kappa shape index (κ2) is 6.74. The lowest BCUT2D eigenvalue weighted by molar-refractivity contribution is -0.157. The van der Waals surface area contributed by atoms with Crippen molar-refractivity contribution in [1.82, 2.24) is 0 Å². The Hall–Kier alpha value is -2.22. The predicted molar refractivity (Wildman–Crippen MR) is 97.2 cm³/mol. The highest BCUT2D eigenvalue weighted by Crippen LogP contribution is 2.60. The minimum atomic E-state index is -0.562. The highest BCUT2D eigenvalue weighted by Gasteiger charge is 2.68. The Morgan fingerprint density at radius 1 is 1.22 bits per heavy atom. The van der Waals surface area contributed by atoms with E-state index in [1.54, 1.807) is 24.3 Å². The maximum absolute atomic E-state index is 12.5. The molecule has 4 rings (SSSR count). The number of esters is 2. The molecule has 2 bridgehead atoms. The van der Waals surface area contributed by atoms with Crippen molar-refractivity contribution >= 4 is 45.2 Å². The van der Waals surface area contributed by atoms with Crippen LogP contribution >= 0.6 is 15.9 Å². The van der Waals surface area contributed by atoms with E-state index >= 15 is 0 Å². The topological polar surface area (TPSA) is 98.8 Å². The molecule has 8 heteroatoms. The molecule has 2 aliphatic carbocycles. The van der Waals surface area contributed by atoms with E-state index < -0.39 is 30.3 Å². The highest BCUT2D eigenvalue weighted by molar-refractivity contribution is 9.09. The van der Waals surface area contributed by atoms with Crippen LogP contribution in [0.15, 0.2) is 24.3 Å². The summed E-state index contributed by atoms with van der Waals surface area (Å²) in [5.74, 6) is -2.39. The maximum Gasteiger partial charge on any atom is 0.310 e. The summed E-state index contributed by atoms with van der Waals surface area (Å²) in [5, 5.41) is 2.61. The van der Waals surface area contributed by atoms with Gasteiger partial charge in [0.15, 0.2) is 12.4 Å². The number of anilines is 1. The molecule has 0 unspecified atom stereocenters. The quantitative estimate of drug-likeness (QED) is 0.431. The Balaban J connectivity index is 1.33. The molecule has 0 aromatic heterocycles. The van der Waals surface area contributed by atoms with Crippen LogP contribution in [0, 0.1) is 23.7 Å². The number of fused-ring (bicyclic) bond motifs is 1. The number of carbonyl (C=O) groups is 4. The molecule has 1 aromatic rings. The average Bonchev–Trinajstić information content (AvgIpc) is 3.24. The molecule has 1 N–H and O–H groups in total. The summed E-state index contributed by atoms with van der Waals surface area (Å²) in [4.78, 5) is 47.8. The summed E-state index contributed by atoms with van der Waals surface area (Å²) in [5.41, 5.74) is 1.05. The molecule has 27 heavy (non-hydrogen) atoms. The van der Waals surface area contributed by atoms with Gasteiger partial charge in [-0.3, -0.25) is 19.2 Å². The molecule has 2 saturated carbocycles. The molecule has 1 aliphatic heterocycles. The third-order valence-corrected chi connectivity index (χ3v) is 6.92. The fraction of sp³-hybridized carbons (Fsp3) is 0.474. The molecule has 0 radical (unpaired) electrons. The van der Waals surface area contributed by atoms with Gasteiger partial charge in [-0.25, -0.2) is 0 Å². The maximum atomic E-state index is 12.5. The normalized spacial score (nSPS) is 32.9. The molecule has 1 aromatic carbocycles. The third-order valence-electron chi connectivity index (χ3n) is 5.72. The van der Waals surface area contributed by atoms with Crippen molar-refractivity contribution in [2.45, 2.75) is 24.3 Å². The van der Waals surface area contributed by atoms with Crippen LogP contribution in [0.4, 0.5) is 5.69 Å². The fourth-order valence-electron chi connectivity index (χ4n) is 4.51. The first-order chi connectivity index (χ1) is 12.9. The number of ketones is 1. The van der Waals surface area contributed by atoms with Crippen LogP contribution in [0.1, 0.15) is 23.7 Å². The monoisotopic (exact) mass is 435 g/mol. The van der Waals surface area contributed by atoms with Gasteiger partial charge in [0.25, 0.3) is 5.91 Å². The lowest BCUT2D eigenvalue weighted by Crippen LogP contribution is -2.39. The molecule has 1 amide bonds. The molecule has 0 spiro atoms. The summed E-state index contributed by atoms with van der Waals surface area (Å²) in [6.07, 6.45) is 0.601. The number of nitrogens with one attached hydrogen (secondary N) is 1. The second-order valence-corrected chi connectivity index (χ2v) is 8.31. The first-order valence-corrected chi connectivity index (χ1v) is 9.70. The SMILES string of the molecule is CC(=O)c1ccc(NC(=O)COC(=O)[C@@H]2[C@H]3C[C@H]4[C@H](OC(=O)[C@@H]42)[C@H]3Br)cc1. The van der Waals surface area contributed by atoms with Crippen LogP contribution in [-0.4, -0.2) is 41.2 Å². The molecule has 1 saturated heterocycles. The van der Waals surface area contributed by atoms with E-state index in [1.807, 2.05) is 0 Å². The Bertz CT molecular complexity index is 822. The molecule has 1 heterocycles. The van der Waals surface area contributed by atoms with Gasteiger partial charge in [0.05, 0.1) is 16.7 Å². The molecular formula is C19H18BrNO6. The minimum Gasteiger partial charge on any atom is -0.461 e. The zero-order valence-electron chi connectivity index (χ0n) is 14.5. The van der Waals surface area contributed by atoms with E-state index in [4.69, 9.17) is 9.47 Å². The molecule has 142 valence electrons. The number of carbonyl (C=O) groups excluding carboxylic acids is 4. The van der Waals surface area contributed by atoms with Crippen molar-refractivity contribution in [2.24, 2.45) is 23.7 Å². The van der Waals surface area contributed by atoms with Crippen molar-refractivity contribution in [2.75, 3.05) is 11.9 Å². The average molecular weight is 436 g/mol. The zero-order chi connectivity index (χ0) is 19.3. The zero-order valence-corrected chi connectivity index (χ0v) is 16.1. The molecular weight excluding hydrogens is 418 g/mol. The van der Waals surface area contributed by atoms with Crippen LogP contribution in [0.2, 0.25) is 0 Å². The number of hydrogen-bond donors (Lipinski definition) is 1. The van der Waals surface area contributed by atoms with Gasteiger partial charge >= 0.3 is 11.9 Å². The lowest BCUT2D eigenvalue weighted by Gasteiger charge is -2.26. The van der Waals surface area contributed by atoms with Crippen molar-refractivity contribution in [3.63, 3.8) is 0 Å². The molecule has 3 aliphatic rings. The Morgan fingerprint density at radius 3 is 2.59 bits per heavy atom. The van der Waals surface area contributed by atoms with Crippen molar-refractivity contribution in [1.29, 1.82) is 0 Å². The van der Waals surface area contributed by atoms with Gasteiger partial charge in [-0.05, 0) is 43.5 Å². The number of hydrogen-bond acceptors (Lipinski definition) is 6. The first kappa shape index (κ1) is 18.2. The smallest absolute Gasteiger partial charge is 0.310 e. The number of halogens is 1. The van der Waals surface area contributed by atoms with E-state index in [1.165, 1.54) is 6.92 Å². The number of rotatable bonds is 5. The predicted octanol–water partition coefficient (Wildman–Crippen LogP) is 1.94. The number of amides is 1. The summed E-state index contributed by atoms with van der Waals surface area (Å²) < 4.78 is 10.6. The number of benzene rings is 1. The largest absolute Gasteiger partial charge is 0.461 e. The van der Waals surface area contributed by atoms with Crippen molar-refractivity contribution < 1.29 is 28.7 Å². The van der Waals surface area contributed by atoms with E-state index in [-0.39, 0.29) is 34.5 Å². The number of Topliss-reactive ketones (excluding diaryl/α,β-unsaturated/α-hetero) is 1. The Labute approximate surface area is 163 Å². The molecule has 6 atom stereocenters. The summed E-state index contributed by atoms with van der Waals surface area (Å²) >= 11 is 3.54.